The zero-order chi connectivity index (χ0) is 20.6. The number of benzene rings is 1. The number of anilines is 1. The van der Waals surface area contributed by atoms with Gasteiger partial charge < -0.3 is 10.1 Å². The summed E-state index contributed by atoms with van der Waals surface area (Å²) in [5.74, 6) is 1.55. The Kier molecular flexibility index (Phi) is 4.64. The molecule has 0 atom stereocenters. The van der Waals surface area contributed by atoms with Gasteiger partial charge in [0.05, 0.1) is 5.56 Å². The van der Waals surface area contributed by atoms with Gasteiger partial charge in [-0.05, 0) is 31.5 Å². The van der Waals surface area contributed by atoms with Gasteiger partial charge in [-0.25, -0.2) is 9.97 Å². The summed E-state index contributed by atoms with van der Waals surface area (Å²) in [4.78, 5) is 12.1. The smallest absolute Gasteiger partial charge is 0.417 e. The van der Waals surface area contributed by atoms with E-state index in [1.807, 2.05) is 26.0 Å². The molecule has 1 N–H and O–H groups in total. The van der Waals surface area contributed by atoms with Crippen LogP contribution >= 0.6 is 0 Å². The van der Waals surface area contributed by atoms with Crippen LogP contribution in [0, 0.1) is 0 Å². The quantitative estimate of drug-likeness (QED) is 0.676. The van der Waals surface area contributed by atoms with E-state index in [0.717, 1.165) is 35.6 Å². The standard InChI is InChI=1S/C21H19F3N4O/c1-20(2)9-13-4-3-5-14(18(13)29-20)11-27-17-6-7-26-19(28-17)15-8-16(12-25-10-15)21(22,23)24/h3-8,10,12H,9,11H2,1-2H3,(H,26,27,28). The van der Waals surface area contributed by atoms with E-state index in [4.69, 9.17) is 4.74 Å². The second kappa shape index (κ2) is 7.02. The van der Waals surface area contributed by atoms with E-state index >= 15 is 0 Å². The minimum Gasteiger partial charge on any atom is -0.487 e. The first-order valence-electron chi connectivity index (χ1n) is 9.11. The maximum absolute atomic E-state index is 12.9. The van der Waals surface area contributed by atoms with Crippen LogP contribution in [0.15, 0.2) is 48.9 Å². The Hall–Kier alpha value is -3.16. The Balaban J connectivity index is 1.54. The molecule has 4 rings (SSSR count). The Bertz CT molecular complexity index is 1050. The molecule has 0 fully saturated rings. The van der Waals surface area contributed by atoms with Crippen molar-refractivity contribution in [3.8, 4) is 17.1 Å². The molecule has 3 aromatic rings. The molecule has 0 unspecified atom stereocenters. The molecule has 5 nitrogen and oxygen atoms in total. The van der Waals surface area contributed by atoms with E-state index in [1.54, 1.807) is 6.07 Å². The van der Waals surface area contributed by atoms with Crippen LogP contribution in [0.2, 0.25) is 0 Å². The first kappa shape index (κ1) is 19.2. The highest BCUT2D eigenvalue weighted by molar-refractivity contribution is 5.57. The topological polar surface area (TPSA) is 59.9 Å². The lowest BCUT2D eigenvalue weighted by Crippen LogP contribution is -2.25. The van der Waals surface area contributed by atoms with Crippen molar-refractivity contribution >= 4 is 5.82 Å². The highest BCUT2D eigenvalue weighted by Crippen LogP contribution is 2.37. The molecule has 3 heterocycles. The minimum absolute atomic E-state index is 0.171. The highest BCUT2D eigenvalue weighted by Gasteiger charge is 2.32. The van der Waals surface area contributed by atoms with Crippen LogP contribution in [0.4, 0.5) is 19.0 Å². The minimum atomic E-state index is -4.47. The fraction of sp³-hybridized carbons (Fsp3) is 0.286. The Labute approximate surface area is 166 Å². The van der Waals surface area contributed by atoms with Gasteiger partial charge in [-0.3, -0.25) is 4.98 Å². The predicted molar refractivity (Wildman–Crippen MR) is 102 cm³/mol. The van der Waals surface area contributed by atoms with Gasteiger partial charge in [0.1, 0.15) is 17.2 Å². The molecule has 0 radical (unpaired) electrons. The summed E-state index contributed by atoms with van der Waals surface area (Å²) >= 11 is 0. The van der Waals surface area contributed by atoms with Gasteiger partial charge in [-0.15, -0.1) is 0 Å². The number of aromatic nitrogens is 3. The first-order valence-corrected chi connectivity index (χ1v) is 9.11. The molecule has 0 saturated heterocycles. The second-order valence-corrected chi connectivity index (χ2v) is 7.52. The van der Waals surface area contributed by atoms with E-state index in [1.165, 1.54) is 12.4 Å². The van der Waals surface area contributed by atoms with E-state index in [2.05, 4.69) is 26.3 Å². The predicted octanol–water partition coefficient (Wildman–Crippen LogP) is 4.88. The van der Waals surface area contributed by atoms with Gasteiger partial charge in [0, 0.05) is 42.7 Å². The molecule has 1 aliphatic rings. The number of alkyl halides is 3. The van der Waals surface area contributed by atoms with E-state index in [9.17, 15) is 13.2 Å². The number of hydrogen-bond donors (Lipinski definition) is 1. The second-order valence-electron chi connectivity index (χ2n) is 7.52. The number of nitrogens with one attached hydrogen (secondary N) is 1. The Morgan fingerprint density at radius 1 is 1.17 bits per heavy atom. The number of para-hydroxylation sites is 1. The summed E-state index contributed by atoms with van der Waals surface area (Å²) < 4.78 is 44.9. The fourth-order valence-electron chi connectivity index (χ4n) is 3.32. The maximum atomic E-state index is 12.9. The molecular weight excluding hydrogens is 381 g/mol. The van der Waals surface area contributed by atoms with Crippen LogP contribution in [0.5, 0.6) is 5.75 Å². The number of halogens is 3. The molecule has 150 valence electrons. The van der Waals surface area contributed by atoms with Gasteiger partial charge in [0.25, 0.3) is 0 Å². The molecule has 1 aliphatic heterocycles. The van der Waals surface area contributed by atoms with E-state index in [0.29, 0.717) is 12.4 Å². The average molecular weight is 400 g/mol. The van der Waals surface area contributed by atoms with Crippen LogP contribution in [-0.2, 0) is 19.1 Å². The summed E-state index contributed by atoms with van der Waals surface area (Å²) in [7, 11) is 0. The average Bonchev–Trinajstić information content (AvgIpc) is 3.00. The summed E-state index contributed by atoms with van der Waals surface area (Å²) in [6.45, 7) is 4.56. The highest BCUT2D eigenvalue weighted by atomic mass is 19.4. The number of nitrogens with zero attached hydrogens (tertiary/aromatic N) is 3. The monoisotopic (exact) mass is 400 g/mol. The molecular formula is C21H19F3N4O. The van der Waals surface area contributed by atoms with Gasteiger partial charge in [-0.1, -0.05) is 18.2 Å². The van der Waals surface area contributed by atoms with Crippen molar-refractivity contribution < 1.29 is 17.9 Å². The van der Waals surface area contributed by atoms with E-state index < -0.39 is 11.7 Å². The van der Waals surface area contributed by atoms with Crippen LogP contribution in [0.25, 0.3) is 11.4 Å². The van der Waals surface area contributed by atoms with Crippen molar-refractivity contribution in [2.45, 2.75) is 38.6 Å². The van der Waals surface area contributed by atoms with Crippen molar-refractivity contribution in [3.05, 3.63) is 65.6 Å². The number of rotatable bonds is 4. The lowest BCUT2D eigenvalue weighted by Gasteiger charge is -2.18. The molecule has 0 aliphatic carbocycles. The number of fused-ring (bicyclic) bond motifs is 1. The SMILES string of the molecule is CC1(C)Cc2cccc(CNc3ccnc(-c4cncc(C(F)(F)F)c4)n3)c2O1. The van der Waals surface area contributed by atoms with Crippen LogP contribution < -0.4 is 10.1 Å². The molecule has 2 aromatic heterocycles. The third-order valence-electron chi connectivity index (χ3n) is 4.61. The number of ether oxygens (including phenoxy) is 1. The molecule has 0 spiro atoms. The third kappa shape index (κ3) is 4.16. The van der Waals surface area contributed by atoms with Gasteiger partial charge >= 0.3 is 6.18 Å². The first-order chi connectivity index (χ1) is 13.7. The van der Waals surface area contributed by atoms with Crippen LogP contribution in [0.1, 0.15) is 30.5 Å². The Morgan fingerprint density at radius 3 is 2.79 bits per heavy atom. The van der Waals surface area contributed by atoms with Crippen molar-refractivity contribution in [3.63, 3.8) is 0 Å². The molecule has 8 heteroatoms. The summed E-state index contributed by atoms with van der Waals surface area (Å²) in [5, 5.41) is 3.20. The van der Waals surface area contributed by atoms with Crippen molar-refractivity contribution in [2.75, 3.05) is 5.32 Å². The largest absolute Gasteiger partial charge is 0.487 e. The molecule has 0 bridgehead atoms. The van der Waals surface area contributed by atoms with Gasteiger partial charge in [0.2, 0.25) is 0 Å². The summed E-state index contributed by atoms with van der Waals surface area (Å²) in [6, 6.07) is 8.67. The van der Waals surface area contributed by atoms with Crippen molar-refractivity contribution in [2.24, 2.45) is 0 Å². The summed E-state index contributed by atoms with van der Waals surface area (Å²) in [5.41, 5.74) is 1.28. The molecule has 0 amide bonds. The maximum Gasteiger partial charge on any atom is 0.417 e. The van der Waals surface area contributed by atoms with Crippen LogP contribution in [0.3, 0.4) is 0 Å². The van der Waals surface area contributed by atoms with Gasteiger partial charge in [0.15, 0.2) is 5.82 Å². The normalized spacial score (nSPS) is 14.9. The molecule has 29 heavy (non-hydrogen) atoms. The third-order valence-corrected chi connectivity index (χ3v) is 4.61. The van der Waals surface area contributed by atoms with Gasteiger partial charge in [-0.2, -0.15) is 13.2 Å². The Morgan fingerprint density at radius 2 is 2.00 bits per heavy atom. The fourth-order valence-corrected chi connectivity index (χ4v) is 3.32. The van der Waals surface area contributed by atoms with Crippen LogP contribution in [-0.4, -0.2) is 20.6 Å². The number of pyridine rings is 1. The molecule has 0 saturated carbocycles. The van der Waals surface area contributed by atoms with E-state index in [-0.39, 0.29) is 17.0 Å². The molecule has 1 aromatic carbocycles. The zero-order valence-electron chi connectivity index (χ0n) is 15.9. The van der Waals surface area contributed by atoms with Crippen molar-refractivity contribution in [1.29, 1.82) is 0 Å². The van der Waals surface area contributed by atoms with Crippen molar-refractivity contribution in [1.82, 2.24) is 15.0 Å². The lowest BCUT2D eigenvalue weighted by molar-refractivity contribution is -0.137. The lowest BCUT2D eigenvalue weighted by atomic mass is 10.0. The summed E-state index contributed by atoms with van der Waals surface area (Å²) in [6.07, 6.45) is -0.0336. The number of hydrogen-bond acceptors (Lipinski definition) is 5. The zero-order valence-corrected chi connectivity index (χ0v) is 15.9.